The van der Waals surface area contributed by atoms with E-state index in [0.717, 1.165) is 56.6 Å². The molecule has 2 amide bonds. The molecule has 184 valence electrons. The molecular formula is C26H36ClN5O2. The number of hydrogen-bond donors (Lipinski definition) is 1. The lowest BCUT2D eigenvalue weighted by Gasteiger charge is -2.34. The second-order valence-corrected chi connectivity index (χ2v) is 10.1. The van der Waals surface area contributed by atoms with Gasteiger partial charge in [-0.25, -0.2) is 4.98 Å². The van der Waals surface area contributed by atoms with Crippen molar-refractivity contribution in [3.63, 3.8) is 0 Å². The quantitative estimate of drug-likeness (QED) is 0.587. The standard InChI is InChI=1S/C26H36ClN5O2/c1-3-20-11-13-31(25(20)26(34)30(2)16-19-6-4-7-21(27)14-19)17-23-8-5-12-32(23)24(33)10-9-22-15-28-18-29-22/h4,6-7,14-15,18,20,23,25H,3,5,8-13,16-17H2,1-2H3,(H,28,29)/t20-,23-,25?/m0/s1. The van der Waals surface area contributed by atoms with E-state index in [-0.39, 0.29) is 23.9 Å². The summed E-state index contributed by atoms with van der Waals surface area (Å²) in [5, 5.41) is 0.686. The van der Waals surface area contributed by atoms with Crippen LogP contribution in [-0.2, 0) is 22.6 Å². The van der Waals surface area contributed by atoms with Crippen LogP contribution in [0.5, 0.6) is 0 Å². The lowest BCUT2D eigenvalue weighted by molar-refractivity contribution is -0.137. The van der Waals surface area contributed by atoms with Gasteiger partial charge in [-0.05, 0) is 55.8 Å². The Kier molecular flexibility index (Phi) is 8.27. The van der Waals surface area contributed by atoms with E-state index in [9.17, 15) is 9.59 Å². The molecule has 3 heterocycles. The van der Waals surface area contributed by atoms with Gasteiger partial charge in [0.2, 0.25) is 11.8 Å². The van der Waals surface area contributed by atoms with Crippen LogP contribution in [0.25, 0.3) is 0 Å². The minimum atomic E-state index is -0.129. The summed E-state index contributed by atoms with van der Waals surface area (Å²) in [5.74, 6) is 0.705. The number of carbonyl (C=O) groups is 2. The number of likely N-dealkylation sites (N-methyl/N-ethyl adjacent to an activating group) is 1. The lowest BCUT2D eigenvalue weighted by Crippen LogP contribution is -2.51. The van der Waals surface area contributed by atoms with Crippen LogP contribution in [0.15, 0.2) is 36.8 Å². The first-order valence-corrected chi connectivity index (χ1v) is 12.8. The summed E-state index contributed by atoms with van der Waals surface area (Å²) in [5.41, 5.74) is 1.95. The molecule has 0 saturated carbocycles. The molecule has 2 aromatic rings. The van der Waals surface area contributed by atoms with Crippen molar-refractivity contribution in [1.29, 1.82) is 0 Å². The van der Waals surface area contributed by atoms with Gasteiger partial charge < -0.3 is 14.8 Å². The number of nitrogens with one attached hydrogen (secondary N) is 1. The topological polar surface area (TPSA) is 72.5 Å². The van der Waals surface area contributed by atoms with Crippen molar-refractivity contribution >= 4 is 23.4 Å². The molecule has 1 aromatic heterocycles. The van der Waals surface area contributed by atoms with E-state index in [1.54, 1.807) is 6.33 Å². The number of aromatic nitrogens is 2. The fourth-order valence-electron chi connectivity index (χ4n) is 5.56. The maximum atomic E-state index is 13.6. The van der Waals surface area contributed by atoms with Crippen LogP contribution in [0, 0.1) is 5.92 Å². The van der Waals surface area contributed by atoms with Gasteiger partial charge in [0.05, 0.1) is 18.1 Å². The fourth-order valence-corrected chi connectivity index (χ4v) is 5.77. The highest BCUT2D eigenvalue weighted by molar-refractivity contribution is 6.30. The van der Waals surface area contributed by atoms with Crippen LogP contribution in [0.4, 0.5) is 0 Å². The summed E-state index contributed by atoms with van der Waals surface area (Å²) >= 11 is 6.14. The molecule has 7 nitrogen and oxygen atoms in total. The van der Waals surface area contributed by atoms with Gasteiger partial charge in [-0.2, -0.15) is 0 Å². The number of imidazole rings is 1. The Hall–Kier alpha value is -2.38. The lowest BCUT2D eigenvalue weighted by atomic mass is 9.96. The predicted octanol–water partition coefficient (Wildman–Crippen LogP) is 3.75. The molecular weight excluding hydrogens is 450 g/mol. The molecule has 4 rings (SSSR count). The van der Waals surface area contributed by atoms with Crippen molar-refractivity contribution in [2.75, 3.05) is 26.7 Å². The Labute approximate surface area is 207 Å². The van der Waals surface area contributed by atoms with Gasteiger partial charge in [-0.3, -0.25) is 14.5 Å². The highest BCUT2D eigenvalue weighted by atomic mass is 35.5. The van der Waals surface area contributed by atoms with Crippen LogP contribution >= 0.6 is 11.6 Å². The van der Waals surface area contributed by atoms with Gasteiger partial charge in [0.25, 0.3) is 0 Å². The zero-order chi connectivity index (χ0) is 24.1. The summed E-state index contributed by atoms with van der Waals surface area (Å²) in [7, 11) is 1.88. The number of H-pyrrole nitrogens is 1. The number of aromatic amines is 1. The van der Waals surface area contributed by atoms with Crippen molar-refractivity contribution < 1.29 is 9.59 Å². The SMILES string of the molecule is CC[C@H]1CCN(C[C@@H]2CCCN2C(=O)CCc2c[nH]cn2)C1C(=O)N(C)Cc1cccc(Cl)c1. The highest BCUT2D eigenvalue weighted by Crippen LogP contribution is 2.31. The minimum absolute atomic E-state index is 0.129. The van der Waals surface area contributed by atoms with Gasteiger partial charge in [0.1, 0.15) is 0 Å². The predicted molar refractivity (Wildman–Crippen MR) is 133 cm³/mol. The Morgan fingerprint density at radius 3 is 2.85 bits per heavy atom. The first kappa shape index (κ1) is 24.7. The molecule has 2 saturated heterocycles. The number of rotatable bonds is 9. The third kappa shape index (κ3) is 5.81. The van der Waals surface area contributed by atoms with Gasteiger partial charge in [-0.15, -0.1) is 0 Å². The van der Waals surface area contributed by atoms with Crippen LogP contribution in [0.3, 0.4) is 0 Å². The van der Waals surface area contributed by atoms with E-state index in [1.807, 2.05) is 47.3 Å². The highest BCUT2D eigenvalue weighted by Gasteiger charge is 2.42. The molecule has 8 heteroatoms. The zero-order valence-electron chi connectivity index (χ0n) is 20.3. The summed E-state index contributed by atoms with van der Waals surface area (Å²) in [6.07, 6.45) is 8.66. The van der Waals surface area contributed by atoms with E-state index in [4.69, 9.17) is 11.6 Å². The molecule has 2 aliphatic rings. The number of carbonyl (C=O) groups excluding carboxylic acids is 2. The van der Waals surface area contributed by atoms with Crippen molar-refractivity contribution in [3.8, 4) is 0 Å². The van der Waals surface area contributed by atoms with Crippen molar-refractivity contribution in [2.24, 2.45) is 5.92 Å². The summed E-state index contributed by atoms with van der Waals surface area (Å²) in [6, 6.07) is 7.74. The number of benzene rings is 1. The van der Waals surface area contributed by atoms with E-state index >= 15 is 0 Å². The van der Waals surface area contributed by atoms with Crippen molar-refractivity contribution in [2.45, 2.75) is 64.1 Å². The molecule has 2 fully saturated rings. The Morgan fingerprint density at radius 2 is 2.12 bits per heavy atom. The van der Waals surface area contributed by atoms with Gasteiger partial charge in [0.15, 0.2) is 0 Å². The molecule has 0 bridgehead atoms. The van der Waals surface area contributed by atoms with Gasteiger partial charge >= 0.3 is 0 Å². The van der Waals surface area contributed by atoms with E-state index in [0.29, 0.717) is 30.3 Å². The maximum Gasteiger partial charge on any atom is 0.240 e. The van der Waals surface area contributed by atoms with Crippen LogP contribution in [-0.4, -0.2) is 75.2 Å². The molecule has 1 aromatic carbocycles. The number of aryl methyl sites for hydroxylation is 1. The molecule has 1 N–H and O–H groups in total. The monoisotopic (exact) mass is 485 g/mol. The minimum Gasteiger partial charge on any atom is -0.351 e. The van der Waals surface area contributed by atoms with Gasteiger partial charge in [0, 0.05) is 50.4 Å². The second-order valence-electron chi connectivity index (χ2n) is 9.66. The van der Waals surface area contributed by atoms with Crippen molar-refractivity contribution in [3.05, 3.63) is 53.1 Å². The molecule has 0 aliphatic carbocycles. The van der Waals surface area contributed by atoms with Crippen molar-refractivity contribution in [1.82, 2.24) is 24.7 Å². The Balaban J connectivity index is 1.39. The molecule has 1 unspecified atom stereocenters. The van der Waals surface area contributed by atoms with Crippen LogP contribution in [0.2, 0.25) is 5.02 Å². The average Bonchev–Trinajstić information content (AvgIpc) is 3.58. The molecule has 0 spiro atoms. The Morgan fingerprint density at radius 1 is 1.26 bits per heavy atom. The first-order valence-electron chi connectivity index (χ1n) is 12.5. The van der Waals surface area contributed by atoms with E-state index in [2.05, 4.69) is 21.8 Å². The third-order valence-corrected chi connectivity index (χ3v) is 7.62. The second kappa shape index (κ2) is 11.4. The summed E-state index contributed by atoms with van der Waals surface area (Å²) < 4.78 is 0. The van der Waals surface area contributed by atoms with E-state index in [1.165, 1.54) is 0 Å². The maximum absolute atomic E-state index is 13.6. The number of hydrogen-bond acceptors (Lipinski definition) is 4. The molecule has 34 heavy (non-hydrogen) atoms. The number of nitrogens with zero attached hydrogens (tertiary/aromatic N) is 4. The van der Waals surface area contributed by atoms with E-state index < -0.39 is 0 Å². The zero-order valence-corrected chi connectivity index (χ0v) is 21.0. The smallest absolute Gasteiger partial charge is 0.240 e. The Bertz CT molecular complexity index is 966. The summed E-state index contributed by atoms with van der Waals surface area (Å²) in [4.78, 5) is 40.0. The molecule has 3 atom stereocenters. The average molecular weight is 486 g/mol. The number of likely N-dealkylation sites (tertiary alicyclic amines) is 2. The number of halogens is 1. The fraction of sp³-hybridized carbons (Fsp3) is 0.577. The normalized spacial score (nSPS) is 22.9. The number of amides is 2. The first-order chi connectivity index (χ1) is 16.5. The third-order valence-electron chi connectivity index (χ3n) is 7.38. The largest absolute Gasteiger partial charge is 0.351 e. The van der Waals surface area contributed by atoms with Crippen LogP contribution in [0.1, 0.15) is 50.3 Å². The summed E-state index contributed by atoms with van der Waals surface area (Å²) in [6.45, 7) is 5.20. The molecule has 0 radical (unpaired) electrons. The van der Waals surface area contributed by atoms with Gasteiger partial charge in [-0.1, -0.05) is 37.1 Å². The van der Waals surface area contributed by atoms with Crippen LogP contribution < -0.4 is 0 Å². The molecule has 2 aliphatic heterocycles.